The van der Waals surface area contributed by atoms with Gasteiger partial charge in [0.25, 0.3) is 0 Å². The Kier molecular flexibility index (Phi) is 6.00. The number of nitrogens with one attached hydrogen (secondary N) is 1. The van der Waals surface area contributed by atoms with Gasteiger partial charge in [-0.1, -0.05) is 72.8 Å². The van der Waals surface area contributed by atoms with Gasteiger partial charge in [-0.25, -0.2) is 0 Å². The number of nitrogens with zero attached hydrogens (tertiary/aromatic N) is 3. The van der Waals surface area contributed by atoms with Crippen LogP contribution in [-0.2, 0) is 11.3 Å². The average molecular weight is 407 g/mol. The second-order valence-corrected chi connectivity index (χ2v) is 8.59. The molecule has 1 N–H and O–H groups in total. The van der Waals surface area contributed by atoms with Crippen LogP contribution in [0.3, 0.4) is 0 Å². The van der Waals surface area contributed by atoms with Gasteiger partial charge in [0.05, 0.1) is 0 Å². The van der Waals surface area contributed by atoms with E-state index >= 15 is 0 Å². The predicted molar refractivity (Wildman–Crippen MR) is 117 cm³/mol. The lowest BCUT2D eigenvalue weighted by Gasteiger charge is -2.17. The smallest absolute Gasteiger partial charge is 0.238 e. The highest BCUT2D eigenvalue weighted by atomic mass is 32.2. The minimum absolute atomic E-state index is 0.0480. The van der Waals surface area contributed by atoms with Gasteiger partial charge in [0.15, 0.2) is 11.0 Å². The summed E-state index contributed by atoms with van der Waals surface area (Å²) < 4.78 is 2.14. The molecule has 0 saturated heterocycles. The Morgan fingerprint density at radius 2 is 1.97 bits per heavy atom. The summed E-state index contributed by atoms with van der Waals surface area (Å²) in [5.41, 5.74) is 3.23. The molecule has 0 spiro atoms. The van der Waals surface area contributed by atoms with Crippen molar-refractivity contribution in [2.75, 3.05) is 0 Å². The third-order valence-electron chi connectivity index (χ3n) is 4.93. The topological polar surface area (TPSA) is 59.8 Å². The molecular formula is C23H26N4OS. The van der Waals surface area contributed by atoms with Crippen molar-refractivity contribution >= 4 is 17.7 Å². The molecular weight excluding hydrogens is 380 g/mol. The maximum Gasteiger partial charge on any atom is 0.238 e. The van der Waals surface area contributed by atoms with Gasteiger partial charge in [0.2, 0.25) is 5.91 Å². The van der Waals surface area contributed by atoms with Crippen molar-refractivity contribution < 1.29 is 4.79 Å². The molecule has 0 radical (unpaired) electrons. The number of carbonyl (C=O) groups excluding carboxylic acids is 1. The van der Waals surface area contributed by atoms with Crippen LogP contribution in [0.15, 0.2) is 59.8 Å². The first-order valence-electron chi connectivity index (χ1n) is 10.2. The Labute approximate surface area is 175 Å². The average Bonchev–Trinajstić information content (AvgIpc) is 3.45. The molecule has 1 aliphatic rings. The van der Waals surface area contributed by atoms with Crippen LogP contribution in [0.2, 0.25) is 0 Å². The molecule has 150 valence electrons. The first-order valence-corrected chi connectivity index (χ1v) is 11.1. The van der Waals surface area contributed by atoms with E-state index < -0.39 is 0 Å². The van der Waals surface area contributed by atoms with Crippen LogP contribution in [-0.4, -0.2) is 26.7 Å². The van der Waals surface area contributed by atoms with Crippen molar-refractivity contribution in [3.8, 4) is 11.4 Å². The molecule has 1 amide bonds. The van der Waals surface area contributed by atoms with E-state index in [4.69, 9.17) is 0 Å². The zero-order valence-electron chi connectivity index (χ0n) is 16.8. The van der Waals surface area contributed by atoms with Crippen molar-refractivity contribution in [2.45, 2.75) is 56.1 Å². The fourth-order valence-electron chi connectivity index (χ4n) is 3.31. The van der Waals surface area contributed by atoms with Gasteiger partial charge in [-0.3, -0.25) is 4.79 Å². The molecule has 1 atom stereocenters. The molecule has 29 heavy (non-hydrogen) atoms. The zero-order chi connectivity index (χ0) is 20.2. The van der Waals surface area contributed by atoms with Crippen molar-refractivity contribution in [3.05, 3.63) is 65.7 Å². The Morgan fingerprint density at radius 3 is 2.66 bits per heavy atom. The van der Waals surface area contributed by atoms with E-state index in [1.165, 1.54) is 17.3 Å². The monoisotopic (exact) mass is 406 g/mol. The molecule has 5 nitrogen and oxygen atoms in total. The summed E-state index contributed by atoms with van der Waals surface area (Å²) in [7, 11) is 0. The van der Waals surface area contributed by atoms with E-state index in [1.807, 2.05) is 36.4 Å². The largest absolute Gasteiger partial charge is 0.352 e. The molecule has 0 unspecified atom stereocenters. The minimum atomic E-state index is -0.345. The Morgan fingerprint density at radius 1 is 1.17 bits per heavy atom. The van der Waals surface area contributed by atoms with E-state index in [-0.39, 0.29) is 11.2 Å². The molecule has 1 aliphatic carbocycles. The highest BCUT2D eigenvalue weighted by Gasteiger charge is 2.30. The normalized spacial score (nSPS) is 14.6. The molecule has 1 saturated carbocycles. The van der Waals surface area contributed by atoms with E-state index in [9.17, 15) is 4.79 Å². The molecule has 1 heterocycles. The van der Waals surface area contributed by atoms with Gasteiger partial charge in [-0.2, -0.15) is 0 Å². The molecule has 6 heteroatoms. The number of hydrogen-bond donors (Lipinski definition) is 1. The second kappa shape index (κ2) is 8.82. The number of benzene rings is 2. The number of amides is 1. The minimum Gasteiger partial charge on any atom is -0.352 e. The summed E-state index contributed by atoms with van der Waals surface area (Å²) in [4.78, 5) is 13.0. The van der Waals surface area contributed by atoms with Gasteiger partial charge in [0.1, 0.15) is 5.25 Å². The van der Waals surface area contributed by atoms with Crippen molar-refractivity contribution in [3.63, 3.8) is 0 Å². The molecule has 0 bridgehead atoms. The van der Waals surface area contributed by atoms with Crippen LogP contribution in [0.1, 0.15) is 42.6 Å². The lowest BCUT2D eigenvalue weighted by atomic mass is 10.1. The summed E-state index contributed by atoms with van der Waals surface area (Å²) in [6.07, 6.45) is 3.11. The lowest BCUT2D eigenvalue weighted by molar-refractivity contribution is -0.120. The van der Waals surface area contributed by atoms with Gasteiger partial charge >= 0.3 is 0 Å². The Bertz CT molecular complexity index is 982. The zero-order valence-corrected chi connectivity index (χ0v) is 17.7. The summed E-state index contributed by atoms with van der Waals surface area (Å²) in [6.45, 7) is 5.03. The van der Waals surface area contributed by atoms with Crippen LogP contribution >= 0.6 is 11.8 Å². The lowest BCUT2D eigenvalue weighted by Crippen LogP contribution is -2.30. The Hall–Kier alpha value is -2.60. The van der Waals surface area contributed by atoms with Gasteiger partial charge < -0.3 is 9.88 Å². The van der Waals surface area contributed by atoms with Gasteiger partial charge in [0, 0.05) is 18.2 Å². The number of rotatable bonds is 8. The van der Waals surface area contributed by atoms with E-state index in [1.54, 1.807) is 0 Å². The maximum atomic E-state index is 13.0. The number of aromatic nitrogens is 3. The first kappa shape index (κ1) is 19.7. The summed E-state index contributed by atoms with van der Waals surface area (Å²) >= 11 is 1.48. The second-order valence-electron chi connectivity index (χ2n) is 7.52. The van der Waals surface area contributed by atoms with E-state index in [0.29, 0.717) is 6.04 Å². The maximum absolute atomic E-state index is 13.0. The third kappa shape index (κ3) is 4.70. The van der Waals surface area contributed by atoms with Crippen molar-refractivity contribution in [2.24, 2.45) is 0 Å². The van der Waals surface area contributed by atoms with Crippen LogP contribution in [0.4, 0.5) is 0 Å². The quantitative estimate of drug-likeness (QED) is 0.547. The van der Waals surface area contributed by atoms with Gasteiger partial charge in [-0.05, 0) is 37.8 Å². The van der Waals surface area contributed by atoms with Crippen LogP contribution in [0.25, 0.3) is 11.4 Å². The van der Waals surface area contributed by atoms with E-state index in [0.717, 1.165) is 47.9 Å². The molecule has 0 aliphatic heterocycles. The van der Waals surface area contributed by atoms with Crippen molar-refractivity contribution in [1.29, 1.82) is 0 Å². The molecule has 4 rings (SSSR count). The molecule has 3 aromatic rings. The number of thioether (sulfide) groups is 1. The molecule has 1 fully saturated rings. The van der Waals surface area contributed by atoms with Crippen molar-refractivity contribution in [1.82, 2.24) is 20.1 Å². The fourth-order valence-corrected chi connectivity index (χ4v) is 4.38. The molecule has 1 aromatic heterocycles. The van der Waals surface area contributed by atoms with E-state index in [2.05, 4.69) is 52.1 Å². The number of carbonyl (C=O) groups is 1. The SMILES string of the molecule is CCCn1c(S[C@H](C(=O)NC2CC2)c2ccccc2)nnc1-c1cccc(C)c1. The van der Waals surface area contributed by atoms with Crippen LogP contribution in [0, 0.1) is 6.92 Å². The number of hydrogen-bond acceptors (Lipinski definition) is 4. The first-order chi connectivity index (χ1) is 14.2. The summed E-state index contributed by atoms with van der Waals surface area (Å²) in [6, 6.07) is 18.6. The third-order valence-corrected chi connectivity index (χ3v) is 6.16. The molecule has 2 aromatic carbocycles. The summed E-state index contributed by atoms with van der Waals surface area (Å²) in [5.74, 6) is 0.902. The Balaban J connectivity index is 1.67. The number of aryl methyl sites for hydroxylation is 1. The highest BCUT2D eigenvalue weighted by Crippen LogP contribution is 2.37. The van der Waals surface area contributed by atoms with Crippen LogP contribution < -0.4 is 5.32 Å². The van der Waals surface area contributed by atoms with Gasteiger partial charge in [-0.15, -0.1) is 10.2 Å². The van der Waals surface area contributed by atoms with Crippen LogP contribution in [0.5, 0.6) is 0 Å². The summed E-state index contributed by atoms with van der Waals surface area (Å²) in [5, 5.41) is 12.6. The highest BCUT2D eigenvalue weighted by molar-refractivity contribution is 8.00. The fraction of sp³-hybridized carbons (Fsp3) is 0.348. The standard InChI is InChI=1S/C23H26N4OS/c1-3-14-27-21(18-11-7-8-16(2)15-18)25-26-23(27)29-20(17-9-5-4-6-10-17)22(28)24-19-12-13-19/h4-11,15,19-20H,3,12-14H2,1-2H3,(H,24,28)/t20-/m0/s1. The predicted octanol–water partition coefficient (Wildman–Crippen LogP) is 4.78.